The number of Topliss-reactive ketones (excluding diaryl/α,β-unsaturated/α-hetero) is 1. The van der Waals surface area contributed by atoms with E-state index in [1.807, 2.05) is 6.08 Å². The normalized spacial score (nSPS) is 44.1. The fourth-order valence-electron chi connectivity index (χ4n) is 7.53. The van der Waals surface area contributed by atoms with Crippen molar-refractivity contribution in [2.45, 2.75) is 84.2 Å². The number of aliphatic hydroxyl groups is 1. The van der Waals surface area contributed by atoms with Crippen molar-refractivity contribution in [1.29, 1.82) is 0 Å². The molecule has 29 heavy (non-hydrogen) atoms. The Bertz CT molecular complexity index is 769. The Morgan fingerprint density at radius 2 is 1.86 bits per heavy atom. The first-order chi connectivity index (χ1) is 13.6. The van der Waals surface area contributed by atoms with Gasteiger partial charge < -0.3 is 9.84 Å². The van der Waals surface area contributed by atoms with E-state index in [0.717, 1.165) is 44.9 Å². The lowest BCUT2D eigenvalue weighted by Gasteiger charge is -2.63. The smallest absolute Gasteiger partial charge is 0.303 e. The molecule has 5 heteroatoms. The van der Waals surface area contributed by atoms with Crippen LogP contribution in [-0.2, 0) is 19.1 Å². The molecule has 0 spiro atoms. The summed E-state index contributed by atoms with van der Waals surface area (Å²) >= 11 is 0. The lowest BCUT2D eigenvalue weighted by atomic mass is 9.42. The molecule has 5 nitrogen and oxygen atoms in total. The van der Waals surface area contributed by atoms with Crippen LogP contribution in [0, 0.1) is 28.6 Å². The highest BCUT2D eigenvalue weighted by molar-refractivity contribution is 5.92. The SMILES string of the molecule is CC(=O)OCC(=O)[C@@]1(O)CCC[C@H]2[C@@H]3CCC4=CC(=O)CC[C@]4(C)[C@H]3CC[C@@]21C. The quantitative estimate of drug-likeness (QED) is 0.727. The molecular weight excluding hydrogens is 368 g/mol. The minimum Gasteiger partial charge on any atom is -0.458 e. The highest BCUT2D eigenvalue weighted by Gasteiger charge is 2.64. The summed E-state index contributed by atoms with van der Waals surface area (Å²) in [6.07, 6.45) is 9.55. The molecule has 0 aromatic rings. The Balaban J connectivity index is 1.63. The molecule has 3 fully saturated rings. The second-order valence-electron chi connectivity index (χ2n) is 10.4. The van der Waals surface area contributed by atoms with E-state index < -0.39 is 17.0 Å². The second-order valence-corrected chi connectivity index (χ2v) is 10.4. The molecule has 4 aliphatic carbocycles. The highest BCUT2D eigenvalue weighted by Crippen LogP contribution is 2.66. The first kappa shape index (κ1) is 20.8. The van der Waals surface area contributed by atoms with Gasteiger partial charge in [-0.3, -0.25) is 14.4 Å². The standard InChI is InChI=1S/C24H34O5/c1-15(25)29-14-21(27)24(28)10-4-5-20-18-7-6-16-13-17(26)8-11-22(16,2)19(18)9-12-23(20,24)3/h13,18-20,28H,4-12,14H2,1-3H3/t18-,19+,20+,22+,23+,24+/m1/s1. The van der Waals surface area contributed by atoms with Gasteiger partial charge in [0.15, 0.2) is 12.4 Å². The van der Waals surface area contributed by atoms with Crippen LogP contribution >= 0.6 is 0 Å². The van der Waals surface area contributed by atoms with E-state index in [4.69, 9.17) is 4.74 Å². The van der Waals surface area contributed by atoms with E-state index in [1.165, 1.54) is 12.5 Å². The molecule has 0 heterocycles. The first-order valence-corrected chi connectivity index (χ1v) is 11.2. The van der Waals surface area contributed by atoms with Gasteiger partial charge in [0, 0.05) is 18.8 Å². The number of hydrogen-bond donors (Lipinski definition) is 1. The van der Waals surface area contributed by atoms with Crippen molar-refractivity contribution in [1.82, 2.24) is 0 Å². The van der Waals surface area contributed by atoms with Crippen molar-refractivity contribution < 1.29 is 24.2 Å². The summed E-state index contributed by atoms with van der Waals surface area (Å²) in [5.41, 5.74) is -0.493. The Labute approximate surface area is 173 Å². The summed E-state index contributed by atoms with van der Waals surface area (Å²) in [4.78, 5) is 36.2. The van der Waals surface area contributed by atoms with Crippen LogP contribution in [0.25, 0.3) is 0 Å². The molecule has 0 radical (unpaired) electrons. The van der Waals surface area contributed by atoms with Crippen LogP contribution in [0.2, 0.25) is 0 Å². The topological polar surface area (TPSA) is 80.7 Å². The molecule has 0 amide bonds. The molecule has 0 aromatic carbocycles. The van der Waals surface area contributed by atoms with Crippen molar-refractivity contribution in [3.05, 3.63) is 11.6 Å². The van der Waals surface area contributed by atoms with Crippen molar-refractivity contribution in [3.8, 4) is 0 Å². The van der Waals surface area contributed by atoms with Crippen LogP contribution in [0.1, 0.15) is 78.6 Å². The molecule has 4 aliphatic rings. The molecule has 0 bridgehead atoms. The zero-order chi connectivity index (χ0) is 21.0. The third-order valence-electron chi connectivity index (χ3n) is 9.22. The minimum absolute atomic E-state index is 0.0788. The summed E-state index contributed by atoms with van der Waals surface area (Å²) in [6.45, 7) is 5.38. The Morgan fingerprint density at radius 3 is 2.59 bits per heavy atom. The van der Waals surface area contributed by atoms with Gasteiger partial charge in [-0.15, -0.1) is 0 Å². The van der Waals surface area contributed by atoms with Crippen LogP contribution in [0.15, 0.2) is 11.6 Å². The number of ketones is 2. The maximum atomic E-state index is 13.0. The third-order valence-corrected chi connectivity index (χ3v) is 9.22. The predicted octanol–water partition coefficient (Wildman–Crippen LogP) is 3.77. The van der Waals surface area contributed by atoms with Gasteiger partial charge in [0.1, 0.15) is 5.60 Å². The molecule has 1 N–H and O–H groups in total. The summed E-state index contributed by atoms with van der Waals surface area (Å²) in [6, 6.07) is 0. The first-order valence-electron chi connectivity index (χ1n) is 11.2. The summed E-state index contributed by atoms with van der Waals surface area (Å²) in [5, 5.41) is 11.6. The monoisotopic (exact) mass is 402 g/mol. The van der Waals surface area contributed by atoms with Crippen LogP contribution < -0.4 is 0 Å². The fraction of sp³-hybridized carbons (Fsp3) is 0.792. The molecule has 160 valence electrons. The Kier molecular flexibility index (Phi) is 5.04. The van der Waals surface area contributed by atoms with Crippen LogP contribution in [-0.4, -0.2) is 34.9 Å². The van der Waals surface area contributed by atoms with Gasteiger partial charge in [0.25, 0.3) is 0 Å². The number of esters is 1. The van der Waals surface area contributed by atoms with Crippen molar-refractivity contribution in [2.75, 3.05) is 6.61 Å². The van der Waals surface area contributed by atoms with E-state index in [0.29, 0.717) is 24.7 Å². The maximum absolute atomic E-state index is 13.0. The highest BCUT2D eigenvalue weighted by atomic mass is 16.5. The lowest BCUT2D eigenvalue weighted by molar-refractivity contribution is -0.199. The van der Waals surface area contributed by atoms with Gasteiger partial charge in [-0.25, -0.2) is 0 Å². The number of ether oxygens (including phenoxy) is 1. The summed E-state index contributed by atoms with van der Waals surface area (Å²) in [5.74, 6) is 0.702. The van der Waals surface area contributed by atoms with Gasteiger partial charge in [-0.1, -0.05) is 19.4 Å². The minimum atomic E-state index is -1.42. The predicted molar refractivity (Wildman–Crippen MR) is 108 cm³/mol. The number of carbonyl (C=O) groups excluding carboxylic acids is 3. The molecule has 0 aromatic heterocycles. The largest absolute Gasteiger partial charge is 0.458 e. The van der Waals surface area contributed by atoms with Crippen molar-refractivity contribution >= 4 is 17.5 Å². The average molecular weight is 403 g/mol. The van der Waals surface area contributed by atoms with Gasteiger partial charge in [0.2, 0.25) is 5.78 Å². The lowest BCUT2D eigenvalue weighted by Crippen LogP contribution is -2.64. The van der Waals surface area contributed by atoms with Crippen LogP contribution in [0.3, 0.4) is 0 Å². The van der Waals surface area contributed by atoms with Crippen LogP contribution in [0.4, 0.5) is 0 Å². The van der Waals surface area contributed by atoms with E-state index in [-0.39, 0.29) is 29.5 Å². The number of carbonyl (C=O) groups is 3. The van der Waals surface area contributed by atoms with Gasteiger partial charge in [0.05, 0.1) is 0 Å². The molecule has 3 saturated carbocycles. The third kappa shape index (κ3) is 3.03. The summed E-state index contributed by atoms with van der Waals surface area (Å²) < 4.78 is 4.96. The van der Waals surface area contributed by atoms with Gasteiger partial charge in [-0.05, 0) is 80.6 Å². The van der Waals surface area contributed by atoms with Crippen LogP contribution in [0.5, 0.6) is 0 Å². The average Bonchev–Trinajstić information content (AvgIpc) is 2.67. The molecule has 6 atom stereocenters. The Morgan fingerprint density at radius 1 is 1.10 bits per heavy atom. The van der Waals surface area contributed by atoms with Gasteiger partial charge >= 0.3 is 5.97 Å². The fourth-order valence-corrected chi connectivity index (χ4v) is 7.53. The van der Waals surface area contributed by atoms with E-state index in [1.54, 1.807) is 0 Å². The zero-order valence-electron chi connectivity index (χ0n) is 18.0. The van der Waals surface area contributed by atoms with Crippen molar-refractivity contribution in [3.63, 3.8) is 0 Å². The zero-order valence-corrected chi connectivity index (χ0v) is 18.0. The van der Waals surface area contributed by atoms with Crippen molar-refractivity contribution in [2.24, 2.45) is 28.6 Å². The number of allylic oxidation sites excluding steroid dienone is 2. The number of rotatable bonds is 3. The molecule has 0 unspecified atom stereocenters. The molecule has 4 rings (SSSR count). The second kappa shape index (κ2) is 7.04. The molecule has 0 saturated heterocycles. The Hall–Kier alpha value is -1.49. The number of hydrogen-bond acceptors (Lipinski definition) is 5. The maximum Gasteiger partial charge on any atom is 0.303 e. The van der Waals surface area contributed by atoms with E-state index in [2.05, 4.69) is 13.8 Å². The molecule has 0 aliphatic heterocycles. The number of fused-ring (bicyclic) bond motifs is 5. The summed E-state index contributed by atoms with van der Waals surface area (Å²) in [7, 11) is 0. The molecular formula is C24H34O5. The van der Waals surface area contributed by atoms with E-state index >= 15 is 0 Å². The van der Waals surface area contributed by atoms with E-state index in [9.17, 15) is 19.5 Å². The van der Waals surface area contributed by atoms with Gasteiger partial charge in [-0.2, -0.15) is 0 Å².